The van der Waals surface area contributed by atoms with Crippen LogP contribution in [0.5, 0.6) is 0 Å². The molecule has 4 rings (SSSR count). The first-order valence-electron chi connectivity index (χ1n) is 12.2. The van der Waals surface area contributed by atoms with Gasteiger partial charge in [-0.15, -0.1) is 5.10 Å². The topological polar surface area (TPSA) is 103 Å². The average molecular weight is 521 g/mol. The number of sulfonamides is 1. The molecule has 1 aromatic heterocycles. The van der Waals surface area contributed by atoms with Crippen LogP contribution in [-0.4, -0.2) is 36.0 Å². The van der Waals surface area contributed by atoms with E-state index >= 15 is 0 Å². The molecule has 0 amide bonds. The Morgan fingerprint density at radius 1 is 1.05 bits per heavy atom. The number of esters is 1. The second kappa shape index (κ2) is 10.8. The molecule has 0 spiro atoms. The Labute approximate surface area is 217 Å². The maximum absolute atomic E-state index is 13.0. The quantitative estimate of drug-likeness (QED) is 0.327. The number of rotatable bonds is 9. The van der Waals surface area contributed by atoms with Gasteiger partial charge in [-0.2, -0.15) is 0 Å². The summed E-state index contributed by atoms with van der Waals surface area (Å²) in [7, 11) is -1.85. The number of nitrogens with zero attached hydrogens (tertiary/aromatic N) is 3. The van der Waals surface area contributed by atoms with Crippen LogP contribution in [0.3, 0.4) is 0 Å². The first-order valence-corrected chi connectivity index (χ1v) is 13.7. The van der Waals surface area contributed by atoms with Crippen LogP contribution >= 0.6 is 0 Å². The van der Waals surface area contributed by atoms with Crippen molar-refractivity contribution in [1.82, 2.24) is 19.7 Å². The van der Waals surface area contributed by atoms with E-state index in [9.17, 15) is 13.2 Å². The number of aryl methyl sites for hydroxylation is 4. The lowest BCUT2D eigenvalue weighted by Crippen LogP contribution is -2.24. The van der Waals surface area contributed by atoms with E-state index in [0.717, 1.165) is 38.9 Å². The van der Waals surface area contributed by atoms with Gasteiger partial charge < -0.3 is 4.74 Å². The monoisotopic (exact) mass is 520 g/mol. The van der Waals surface area contributed by atoms with Gasteiger partial charge in [-0.1, -0.05) is 47.7 Å². The highest BCUT2D eigenvalue weighted by atomic mass is 32.2. The van der Waals surface area contributed by atoms with Crippen molar-refractivity contribution < 1.29 is 17.9 Å². The molecule has 3 aromatic carbocycles. The summed E-state index contributed by atoms with van der Waals surface area (Å²) < 4.78 is 35.7. The molecule has 1 N–H and O–H groups in total. The summed E-state index contributed by atoms with van der Waals surface area (Å²) in [5.41, 5.74) is 6.96. The molecule has 1 heterocycles. The Morgan fingerprint density at radius 2 is 1.81 bits per heavy atom. The molecule has 0 bridgehead atoms. The minimum atomic E-state index is -3.69. The largest absolute Gasteiger partial charge is 0.466 e. The minimum Gasteiger partial charge on any atom is -0.466 e. The molecule has 0 saturated heterocycles. The third-order valence-electron chi connectivity index (χ3n) is 6.74. The van der Waals surface area contributed by atoms with Gasteiger partial charge in [0.1, 0.15) is 5.52 Å². The fourth-order valence-corrected chi connectivity index (χ4v) is 5.88. The van der Waals surface area contributed by atoms with E-state index in [1.807, 2.05) is 57.3 Å². The van der Waals surface area contributed by atoms with Gasteiger partial charge in [0.2, 0.25) is 10.0 Å². The van der Waals surface area contributed by atoms with Crippen LogP contribution in [0.15, 0.2) is 59.5 Å². The highest BCUT2D eigenvalue weighted by Gasteiger charge is 2.24. The molecule has 37 heavy (non-hydrogen) atoms. The highest BCUT2D eigenvalue weighted by molar-refractivity contribution is 7.89. The number of aromatic nitrogens is 3. The van der Waals surface area contributed by atoms with Gasteiger partial charge in [-0.25, -0.2) is 17.8 Å². The van der Waals surface area contributed by atoms with Crippen LogP contribution in [0, 0.1) is 20.8 Å². The maximum atomic E-state index is 13.0. The minimum absolute atomic E-state index is 0.130. The standard InChI is InChI=1S/C28H32N4O4S/c1-6-36-27(33)16-24(23-13-14-25-28(20(23)4)30-31-32(25)5)21-12-11-18(2)22(15-21)17-29-37(34,35)26-10-8-7-9-19(26)3/h7-15,24,29H,6,16-17H2,1-5H3. The van der Waals surface area contributed by atoms with Crippen molar-refractivity contribution in [3.05, 3.63) is 88.0 Å². The van der Waals surface area contributed by atoms with E-state index in [4.69, 9.17) is 4.74 Å². The summed E-state index contributed by atoms with van der Waals surface area (Å²) in [5, 5.41) is 8.45. The summed E-state index contributed by atoms with van der Waals surface area (Å²) >= 11 is 0. The normalized spacial score (nSPS) is 12.6. The highest BCUT2D eigenvalue weighted by Crippen LogP contribution is 2.34. The molecule has 1 unspecified atom stereocenters. The van der Waals surface area contributed by atoms with Gasteiger partial charge in [0.05, 0.1) is 23.4 Å². The lowest BCUT2D eigenvalue weighted by molar-refractivity contribution is -0.143. The molecule has 0 aliphatic carbocycles. The van der Waals surface area contributed by atoms with Gasteiger partial charge in [-0.05, 0) is 73.2 Å². The number of carbonyl (C=O) groups excluding carboxylic acids is 1. The Morgan fingerprint density at radius 3 is 2.54 bits per heavy atom. The van der Waals surface area contributed by atoms with E-state index in [1.54, 1.807) is 36.7 Å². The molecule has 4 aromatic rings. The summed E-state index contributed by atoms with van der Waals surface area (Å²) in [6.07, 6.45) is 0.151. The zero-order chi connectivity index (χ0) is 26.7. The molecule has 0 aliphatic rings. The van der Waals surface area contributed by atoms with Crippen LogP contribution in [0.1, 0.15) is 52.6 Å². The van der Waals surface area contributed by atoms with E-state index in [2.05, 4.69) is 15.0 Å². The molecular weight excluding hydrogens is 488 g/mol. The predicted molar refractivity (Wildman–Crippen MR) is 143 cm³/mol. The number of ether oxygens (including phenoxy) is 1. The average Bonchev–Trinajstić information content (AvgIpc) is 3.24. The SMILES string of the molecule is CCOC(=O)CC(c1ccc(C)c(CNS(=O)(=O)c2ccccc2C)c1)c1ccc2c(nnn2C)c1C. The summed E-state index contributed by atoms with van der Waals surface area (Å²) in [6, 6.07) is 16.8. The molecule has 8 nitrogen and oxygen atoms in total. The van der Waals surface area contributed by atoms with Crippen molar-refractivity contribution in [3.63, 3.8) is 0 Å². The first-order chi connectivity index (χ1) is 17.6. The maximum Gasteiger partial charge on any atom is 0.306 e. The Hall–Kier alpha value is -3.56. The zero-order valence-corrected chi connectivity index (χ0v) is 22.6. The van der Waals surface area contributed by atoms with Gasteiger partial charge in [0, 0.05) is 19.5 Å². The van der Waals surface area contributed by atoms with Crippen LogP contribution in [-0.2, 0) is 33.1 Å². The number of benzene rings is 3. The summed E-state index contributed by atoms with van der Waals surface area (Å²) in [6.45, 7) is 7.91. The number of carbonyl (C=O) groups is 1. The Balaban J connectivity index is 1.71. The second-order valence-corrected chi connectivity index (χ2v) is 10.9. The van der Waals surface area contributed by atoms with Crippen LogP contribution in [0.4, 0.5) is 0 Å². The lowest BCUT2D eigenvalue weighted by Gasteiger charge is -2.21. The number of fused-ring (bicyclic) bond motifs is 1. The number of nitrogens with one attached hydrogen (secondary N) is 1. The van der Waals surface area contributed by atoms with Gasteiger partial charge >= 0.3 is 5.97 Å². The Kier molecular flexibility index (Phi) is 7.75. The van der Waals surface area contributed by atoms with Crippen LogP contribution in [0.25, 0.3) is 11.0 Å². The fraction of sp³-hybridized carbons (Fsp3) is 0.321. The van der Waals surface area contributed by atoms with Gasteiger partial charge in [-0.3, -0.25) is 4.79 Å². The van der Waals surface area contributed by atoms with E-state index in [-0.39, 0.29) is 29.7 Å². The first kappa shape index (κ1) is 26.5. The predicted octanol–water partition coefficient (Wildman–Crippen LogP) is 4.46. The van der Waals surface area contributed by atoms with Crippen molar-refractivity contribution in [2.45, 2.75) is 51.5 Å². The van der Waals surface area contributed by atoms with Crippen LogP contribution in [0.2, 0.25) is 0 Å². The molecule has 0 aliphatic heterocycles. The number of hydrogen-bond acceptors (Lipinski definition) is 6. The van der Waals surface area contributed by atoms with E-state index in [1.165, 1.54) is 0 Å². The van der Waals surface area contributed by atoms with E-state index < -0.39 is 10.0 Å². The molecule has 9 heteroatoms. The molecular formula is C28H32N4O4S. The van der Waals surface area contributed by atoms with Gasteiger partial charge in [0.25, 0.3) is 0 Å². The molecule has 0 saturated carbocycles. The molecule has 1 atom stereocenters. The van der Waals surface area contributed by atoms with Crippen molar-refractivity contribution in [3.8, 4) is 0 Å². The smallest absolute Gasteiger partial charge is 0.306 e. The molecule has 0 radical (unpaired) electrons. The fourth-order valence-electron chi connectivity index (χ4n) is 4.63. The van der Waals surface area contributed by atoms with Crippen molar-refractivity contribution >= 4 is 27.0 Å². The molecule has 194 valence electrons. The van der Waals surface area contributed by atoms with Crippen molar-refractivity contribution in [1.29, 1.82) is 0 Å². The summed E-state index contributed by atoms with van der Waals surface area (Å²) in [5.74, 6) is -0.591. The summed E-state index contributed by atoms with van der Waals surface area (Å²) in [4.78, 5) is 12.9. The van der Waals surface area contributed by atoms with Crippen molar-refractivity contribution in [2.24, 2.45) is 7.05 Å². The third kappa shape index (κ3) is 5.57. The zero-order valence-electron chi connectivity index (χ0n) is 21.8. The lowest BCUT2D eigenvalue weighted by atomic mass is 9.84. The van der Waals surface area contributed by atoms with E-state index in [0.29, 0.717) is 12.2 Å². The number of hydrogen-bond donors (Lipinski definition) is 1. The molecule has 0 fully saturated rings. The Bertz CT molecular complexity index is 1560. The van der Waals surface area contributed by atoms with Crippen molar-refractivity contribution in [2.75, 3.05) is 6.61 Å². The van der Waals surface area contributed by atoms with Crippen LogP contribution < -0.4 is 4.72 Å². The van der Waals surface area contributed by atoms with Gasteiger partial charge in [0.15, 0.2) is 0 Å². The third-order valence-corrected chi connectivity index (χ3v) is 8.30. The second-order valence-electron chi connectivity index (χ2n) is 9.20.